The van der Waals surface area contributed by atoms with Crippen molar-refractivity contribution in [1.82, 2.24) is 19.2 Å². The molecular formula is C16H11ClN4O. The monoisotopic (exact) mass is 310 g/mol. The van der Waals surface area contributed by atoms with E-state index in [1.54, 1.807) is 16.8 Å². The molecular weight excluding hydrogens is 300 g/mol. The Morgan fingerprint density at radius 3 is 2.86 bits per heavy atom. The lowest BCUT2D eigenvalue weighted by Gasteiger charge is -2.06. The molecule has 0 saturated heterocycles. The Bertz CT molecular complexity index is 1050. The maximum absolute atomic E-state index is 11.9. The Balaban J connectivity index is 1.82. The highest BCUT2D eigenvalue weighted by molar-refractivity contribution is 6.30. The number of hydrogen-bond donors (Lipinski definition) is 0. The zero-order chi connectivity index (χ0) is 15.1. The van der Waals surface area contributed by atoms with Gasteiger partial charge in [0.25, 0.3) is 0 Å². The van der Waals surface area contributed by atoms with Gasteiger partial charge in [-0.15, -0.1) is 0 Å². The molecule has 0 bridgehead atoms. The minimum Gasteiger partial charge on any atom is -0.305 e. The summed E-state index contributed by atoms with van der Waals surface area (Å²) in [5.41, 5.74) is 2.40. The first-order valence-corrected chi connectivity index (χ1v) is 7.16. The Hall–Kier alpha value is -2.66. The van der Waals surface area contributed by atoms with Gasteiger partial charge in [0.1, 0.15) is 5.65 Å². The maximum Gasteiger partial charge on any atom is 0.207 e. The molecule has 4 rings (SSSR count). The third-order valence-electron chi connectivity index (χ3n) is 3.54. The van der Waals surface area contributed by atoms with Gasteiger partial charge >= 0.3 is 0 Å². The minimum absolute atomic E-state index is 0.0753. The molecule has 3 heterocycles. The molecule has 4 aromatic rings. The smallest absolute Gasteiger partial charge is 0.207 e. The van der Waals surface area contributed by atoms with Crippen LogP contribution < -0.4 is 5.43 Å². The fourth-order valence-electron chi connectivity index (χ4n) is 2.53. The summed E-state index contributed by atoms with van der Waals surface area (Å²) in [6, 6.07) is 11.1. The molecule has 0 aliphatic heterocycles. The van der Waals surface area contributed by atoms with Crippen molar-refractivity contribution >= 4 is 28.2 Å². The summed E-state index contributed by atoms with van der Waals surface area (Å²) in [4.78, 5) is 16.4. The summed E-state index contributed by atoms with van der Waals surface area (Å²) in [5, 5.41) is 5.53. The number of para-hydroxylation sites is 1. The molecule has 0 aliphatic rings. The zero-order valence-electron chi connectivity index (χ0n) is 11.5. The highest BCUT2D eigenvalue weighted by atomic mass is 35.5. The Morgan fingerprint density at radius 2 is 1.95 bits per heavy atom. The van der Waals surface area contributed by atoms with E-state index in [0.29, 0.717) is 17.0 Å². The lowest BCUT2D eigenvalue weighted by molar-refractivity contribution is 0.684. The Kier molecular flexibility index (Phi) is 2.94. The Morgan fingerprint density at radius 1 is 1.09 bits per heavy atom. The molecule has 0 amide bonds. The van der Waals surface area contributed by atoms with E-state index in [0.717, 1.165) is 16.9 Å². The van der Waals surface area contributed by atoms with Gasteiger partial charge in [-0.1, -0.05) is 23.7 Å². The van der Waals surface area contributed by atoms with E-state index in [4.69, 9.17) is 11.6 Å². The summed E-state index contributed by atoms with van der Waals surface area (Å²) in [7, 11) is 0. The molecule has 22 heavy (non-hydrogen) atoms. The van der Waals surface area contributed by atoms with E-state index in [1.807, 2.05) is 41.1 Å². The quantitative estimate of drug-likeness (QED) is 0.572. The number of aromatic nitrogens is 4. The van der Waals surface area contributed by atoms with Crippen molar-refractivity contribution in [3.05, 3.63) is 75.9 Å². The SMILES string of the molecule is O=c1cnn(Cc2cn3cc(Cl)ccc3n2)c2ccccc12. The van der Waals surface area contributed by atoms with Crippen molar-refractivity contribution in [3.63, 3.8) is 0 Å². The van der Waals surface area contributed by atoms with Crippen LogP contribution in [0, 0.1) is 0 Å². The van der Waals surface area contributed by atoms with Crippen molar-refractivity contribution in [1.29, 1.82) is 0 Å². The van der Waals surface area contributed by atoms with Gasteiger partial charge in [0.05, 0.1) is 29.0 Å². The van der Waals surface area contributed by atoms with Gasteiger partial charge in [-0.3, -0.25) is 9.48 Å². The fraction of sp³-hybridized carbons (Fsp3) is 0.0625. The van der Waals surface area contributed by atoms with Crippen LogP contribution in [0.4, 0.5) is 0 Å². The summed E-state index contributed by atoms with van der Waals surface area (Å²) >= 11 is 5.98. The zero-order valence-corrected chi connectivity index (χ0v) is 12.2. The average molecular weight is 311 g/mol. The van der Waals surface area contributed by atoms with Crippen molar-refractivity contribution in [2.75, 3.05) is 0 Å². The van der Waals surface area contributed by atoms with Gasteiger partial charge in [0, 0.05) is 17.8 Å². The summed E-state index contributed by atoms with van der Waals surface area (Å²) < 4.78 is 3.66. The molecule has 0 radical (unpaired) electrons. The molecule has 3 aromatic heterocycles. The van der Waals surface area contributed by atoms with E-state index in [2.05, 4.69) is 10.1 Å². The van der Waals surface area contributed by atoms with Crippen molar-refractivity contribution < 1.29 is 0 Å². The predicted octanol–water partition coefficient (Wildman–Crippen LogP) is 2.75. The largest absolute Gasteiger partial charge is 0.305 e. The molecule has 0 spiro atoms. The first-order chi connectivity index (χ1) is 10.7. The molecule has 1 aromatic carbocycles. The second kappa shape index (κ2) is 4.96. The molecule has 5 nitrogen and oxygen atoms in total. The van der Waals surface area contributed by atoms with Crippen LogP contribution in [0.1, 0.15) is 5.69 Å². The third kappa shape index (κ3) is 2.16. The van der Waals surface area contributed by atoms with Gasteiger partial charge < -0.3 is 4.40 Å². The molecule has 0 fully saturated rings. The van der Waals surface area contributed by atoms with Gasteiger partial charge in [-0.05, 0) is 24.3 Å². The maximum atomic E-state index is 11.9. The number of rotatable bonds is 2. The summed E-state index contributed by atoms with van der Waals surface area (Å²) in [6.07, 6.45) is 5.06. The van der Waals surface area contributed by atoms with Crippen LogP contribution in [0.3, 0.4) is 0 Å². The second-order valence-electron chi connectivity index (χ2n) is 5.03. The number of pyridine rings is 1. The standard InChI is InChI=1S/C16H11ClN4O/c17-11-5-6-16-19-12(9-20(16)8-11)10-21-14-4-2-1-3-13(14)15(22)7-18-21/h1-9H,10H2. The fourth-order valence-corrected chi connectivity index (χ4v) is 2.70. The van der Waals surface area contributed by atoms with Gasteiger partial charge in [0.15, 0.2) is 0 Å². The number of hydrogen-bond acceptors (Lipinski definition) is 3. The number of nitrogens with zero attached hydrogens (tertiary/aromatic N) is 4. The van der Waals surface area contributed by atoms with E-state index in [9.17, 15) is 4.79 Å². The first kappa shape index (κ1) is 13.0. The molecule has 0 saturated carbocycles. The highest BCUT2D eigenvalue weighted by Gasteiger charge is 2.07. The highest BCUT2D eigenvalue weighted by Crippen LogP contribution is 2.14. The lowest BCUT2D eigenvalue weighted by Crippen LogP contribution is -2.13. The molecule has 6 heteroatoms. The summed E-state index contributed by atoms with van der Waals surface area (Å²) in [6.45, 7) is 0.486. The molecule has 0 aliphatic carbocycles. The van der Waals surface area contributed by atoms with Crippen LogP contribution in [-0.4, -0.2) is 19.2 Å². The van der Waals surface area contributed by atoms with E-state index >= 15 is 0 Å². The predicted molar refractivity (Wildman–Crippen MR) is 85.3 cm³/mol. The molecule has 0 N–H and O–H groups in total. The normalized spacial score (nSPS) is 11.3. The third-order valence-corrected chi connectivity index (χ3v) is 3.76. The van der Waals surface area contributed by atoms with Crippen molar-refractivity contribution in [2.45, 2.75) is 6.54 Å². The van der Waals surface area contributed by atoms with E-state index in [1.165, 1.54) is 6.20 Å². The number of imidazole rings is 1. The van der Waals surface area contributed by atoms with Crippen LogP contribution in [-0.2, 0) is 6.54 Å². The number of fused-ring (bicyclic) bond motifs is 2. The van der Waals surface area contributed by atoms with E-state index in [-0.39, 0.29) is 5.43 Å². The summed E-state index contributed by atoms with van der Waals surface area (Å²) in [5.74, 6) is 0. The number of benzene rings is 1. The minimum atomic E-state index is -0.0753. The van der Waals surface area contributed by atoms with Crippen LogP contribution in [0.25, 0.3) is 16.6 Å². The second-order valence-corrected chi connectivity index (χ2v) is 5.47. The van der Waals surface area contributed by atoms with E-state index < -0.39 is 0 Å². The van der Waals surface area contributed by atoms with Gasteiger partial charge in [0.2, 0.25) is 5.43 Å². The Labute approximate surface area is 130 Å². The molecule has 0 unspecified atom stereocenters. The number of halogens is 1. The molecule has 108 valence electrons. The van der Waals surface area contributed by atoms with Crippen molar-refractivity contribution in [2.24, 2.45) is 0 Å². The van der Waals surface area contributed by atoms with Gasteiger partial charge in [-0.2, -0.15) is 5.10 Å². The first-order valence-electron chi connectivity index (χ1n) is 6.79. The van der Waals surface area contributed by atoms with Crippen LogP contribution >= 0.6 is 11.6 Å². The van der Waals surface area contributed by atoms with Gasteiger partial charge in [-0.25, -0.2) is 4.98 Å². The van der Waals surface area contributed by atoms with Crippen molar-refractivity contribution in [3.8, 4) is 0 Å². The topological polar surface area (TPSA) is 52.2 Å². The van der Waals surface area contributed by atoms with Crippen LogP contribution in [0.5, 0.6) is 0 Å². The lowest BCUT2D eigenvalue weighted by atomic mass is 10.2. The van der Waals surface area contributed by atoms with Crippen LogP contribution in [0.15, 0.2) is 59.8 Å². The van der Waals surface area contributed by atoms with Crippen LogP contribution in [0.2, 0.25) is 5.02 Å². The molecule has 0 atom stereocenters. The average Bonchev–Trinajstić information content (AvgIpc) is 2.92.